The molecule has 0 aliphatic rings. The molecule has 0 radical (unpaired) electrons. The monoisotopic (exact) mass is 266 g/mol. The Morgan fingerprint density at radius 2 is 2.11 bits per heavy atom. The first kappa shape index (κ1) is 14.9. The van der Waals surface area contributed by atoms with Gasteiger partial charge in [-0.15, -0.1) is 0 Å². The van der Waals surface area contributed by atoms with Crippen molar-refractivity contribution in [2.45, 2.75) is 33.2 Å². The molecule has 0 saturated carbocycles. The van der Waals surface area contributed by atoms with Crippen molar-refractivity contribution in [2.75, 3.05) is 5.32 Å². The summed E-state index contributed by atoms with van der Waals surface area (Å²) < 4.78 is 0. The summed E-state index contributed by atoms with van der Waals surface area (Å²) in [7, 11) is 0. The lowest BCUT2D eigenvalue weighted by atomic mass is 10.0. The molecule has 6 heteroatoms. The van der Waals surface area contributed by atoms with Gasteiger partial charge < -0.3 is 10.4 Å². The molecule has 1 aromatic rings. The minimum atomic E-state index is -1.10. The zero-order valence-corrected chi connectivity index (χ0v) is 11.2. The predicted octanol–water partition coefficient (Wildman–Crippen LogP) is 3.14. The summed E-state index contributed by atoms with van der Waals surface area (Å²) in [5.74, 6) is -0.804. The largest absolute Gasteiger partial charge is 0.478 e. The first-order valence-electron chi connectivity index (χ1n) is 6.15. The van der Waals surface area contributed by atoms with Crippen molar-refractivity contribution in [3.05, 3.63) is 33.9 Å². The number of carboxylic acid groups (broad SMARTS) is 1. The molecule has 6 nitrogen and oxygen atoms in total. The number of non-ortho nitro benzene ring substituents is 1. The number of rotatable bonds is 6. The lowest BCUT2D eigenvalue weighted by Gasteiger charge is -2.22. The van der Waals surface area contributed by atoms with Crippen LogP contribution >= 0.6 is 0 Å². The Morgan fingerprint density at radius 3 is 2.53 bits per heavy atom. The molecule has 104 valence electrons. The lowest BCUT2D eigenvalue weighted by Crippen LogP contribution is -2.25. The Labute approximate surface area is 111 Å². The van der Waals surface area contributed by atoms with Crippen LogP contribution in [0, 0.1) is 16.0 Å². The van der Waals surface area contributed by atoms with Crippen LogP contribution in [0.15, 0.2) is 18.2 Å². The standard InChI is InChI=1S/C13H18N2O4/c1-4-11(8(2)3)14-12-7-9(15(18)19)5-6-10(12)13(16)17/h5-8,11,14H,4H2,1-3H3,(H,16,17). The molecule has 19 heavy (non-hydrogen) atoms. The number of hydrogen-bond acceptors (Lipinski definition) is 4. The number of hydrogen-bond donors (Lipinski definition) is 2. The van der Waals surface area contributed by atoms with Crippen LogP contribution in [0.2, 0.25) is 0 Å². The average molecular weight is 266 g/mol. The van der Waals surface area contributed by atoms with Crippen LogP contribution in [0.25, 0.3) is 0 Å². The van der Waals surface area contributed by atoms with Crippen molar-refractivity contribution in [2.24, 2.45) is 5.92 Å². The van der Waals surface area contributed by atoms with E-state index in [0.29, 0.717) is 11.6 Å². The number of anilines is 1. The molecule has 0 bridgehead atoms. The van der Waals surface area contributed by atoms with E-state index in [9.17, 15) is 14.9 Å². The summed E-state index contributed by atoms with van der Waals surface area (Å²) in [4.78, 5) is 21.4. The van der Waals surface area contributed by atoms with Crippen molar-refractivity contribution in [3.63, 3.8) is 0 Å². The highest BCUT2D eigenvalue weighted by Crippen LogP contribution is 2.25. The van der Waals surface area contributed by atoms with Crippen LogP contribution in [-0.2, 0) is 0 Å². The van der Waals surface area contributed by atoms with Gasteiger partial charge in [0.1, 0.15) is 0 Å². The van der Waals surface area contributed by atoms with Gasteiger partial charge in [-0.2, -0.15) is 0 Å². The summed E-state index contributed by atoms with van der Waals surface area (Å²) in [6.45, 7) is 6.01. The Morgan fingerprint density at radius 1 is 1.47 bits per heavy atom. The van der Waals surface area contributed by atoms with Crippen molar-refractivity contribution in [1.82, 2.24) is 0 Å². The van der Waals surface area contributed by atoms with E-state index in [1.165, 1.54) is 18.2 Å². The van der Waals surface area contributed by atoms with Gasteiger partial charge in [-0.3, -0.25) is 10.1 Å². The maximum atomic E-state index is 11.1. The van der Waals surface area contributed by atoms with E-state index in [4.69, 9.17) is 5.11 Å². The van der Waals surface area contributed by atoms with Gasteiger partial charge in [0.2, 0.25) is 0 Å². The fraction of sp³-hybridized carbons (Fsp3) is 0.462. The Kier molecular flexibility index (Phi) is 4.86. The second-order valence-corrected chi connectivity index (χ2v) is 4.70. The van der Waals surface area contributed by atoms with E-state index in [1.807, 2.05) is 20.8 Å². The third-order valence-corrected chi connectivity index (χ3v) is 3.03. The highest BCUT2D eigenvalue weighted by atomic mass is 16.6. The van der Waals surface area contributed by atoms with Gasteiger partial charge in [-0.1, -0.05) is 20.8 Å². The maximum absolute atomic E-state index is 11.1. The van der Waals surface area contributed by atoms with Crippen LogP contribution in [0.5, 0.6) is 0 Å². The molecular weight excluding hydrogens is 248 g/mol. The van der Waals surface area contributed by atoms with Crippen molar-refractivity contribution < 1.29 is 14.8 Å². The number of nitro benzene ring substituents is 1. The number of carboxylic acids is 1. The summed E-state index contributed by atoms with van der Waals surface area (Å²) in [5, 5.41) is 23.0. The van der Waals surface area contributed by atoms with Gasteiger partial charge in [0.25, 0.3) is 5.69 Å². The fourth-order valence-corrected chi connectivity index (χ4v) is 1.89. The number of nitrogens with one attached hydrogen (secondary N) is 1. The quantitative estimate of drug-likeness (QED) is 0.609. The first-order chi connectivity index (χ1) is 8.86. The third kappa shape index (κ3) is 3.67. The van der Waals surface area contributed by atoms with E-state index < -0.39 is 10.9 Å². The van der Waals surface area contributed by atoms with Gasteiger partial charge in [0, 0.05) is 18.2 Å². The van der Waals surface area contributed by atoms with Gasteiger partial charge in [-0.05, 0) is 18.4 Å². The molecule has 0 heterocycles. The summed E-state index contributed by atoms with van der Waals surface area (Å²) >= 11 is 0. The molecule has 0 aliphatic heterocycles. The summed E-state index contributed by atoms with van der Waals surface area (Å²) in [5.41, 5.74) is 0.220. The summed E-state index contributed by atoms with van der Waals surface area (Å²) in [6, 6.07) is 3.80. The van der Waals surface area contributed by atoms with Crippen molar-refractivity contribution >= 4 is 17.3 Å². The highest BCUT2D eigenvalue weighted by molar-refractivity contribution is 5.94. The number of nitro groups is 1. The molecule has 0 amide bonds. The van der Waals surface area contributed by atoms with E-state index in [-0.39, 0.29) is 17.3 Å². The smallest absolute Gasteiger partial charge is 0.337 e. The van der Waals surface area contributed by atoms with Crippen LogP contribution in [-0.4, -0.2) is 22.0 Å². The van der Waals surface area contributed by atoms with Gasteiger partial charge >= 0.3 is 5.97 Å². The van der Waals surface area contributed by atoms with E-state index in [2.05, 4.69) is 5.32 Å². The fourth-order valence-electron chi connectivity index (χ4n) is 1.89. The number of aromatic carboxylic acids is 1. The Bertz CT molecular complexity index is 486. The molecule has 0 spiro atoms. The topological polar surface area (TPSA) is 92.5 Å². The van der Waals surface area contributed by atoms with Gasteiger partial charge in [0.05, 0.1) is 16.2 Å². The SMILES string of the molecule is CCC(Nc1cc([N+](=O)[O-])ccc1C(=O)O)C(C)C. The second kappa shape index (κ2) is 6.17. The molecule has 2 N–H and O–H groups in total. The van der Waals surface area contributed by atoms with Crippen LogP contribution < -0.4 is 5.32 Å². The highest BCUT2D eigenvalue weighted by Gasteiger charge is 2.18. The first-order valence-corrected chi connectivity index (χ1v) is 6.15. The molecule has 1 rings (SSSR count). The number of nitrogens with zero attached hydrogens (tertiary/aromatic N) is 1. The van der Waals surface area contributed by atoms with Crippen LogP contribution in [0.4, 0.5) is 11.4 Å². The van der Waals surface area contributed by atoms with Crippen molar-refractivity contribution in [1.29, 1.82) is 0 Å². The molecule has 0 saturated heterocycles. The number of benzene rings is 1. The molecule has 1 unspecified atom stereocenters. The van der Waals surface area contributed by atoms with Crippen molar-refractivity contribution in [3.8, 4) is 0 Å². The maximum Gasteiger partial charge on any atom is 0.337 e. The normalized spacial score (nSPS) is 12.2. The zero-order valence-electron chi connectivity index (χ0n) is 11.2. The van der Waals surface area contributed by atoms with E-state index in [1.54, 1.807) is 0 Å². The molecule has 0 aromatic heterocycles. The average Bonchev–Trinajstić information content (AvgIpc) is 2.34. The Hall–Kier alpha value is -2.11. The van der Waals surface area contributed by atoms with Gasteiger partial charge in [-0.25, -0.2) is 4.79 Å². The minimum Gasteiger partial charge on any atom is -0.478 e. The zero-order chi connectivity index (χ0) is 14.6. The lowest BCUT2D eigenvalue weighted by molar-refractivity contribution is -0.384. The molecule has 1 atom stereocenters. The van der Waals surface area contributed by atoms with Crippen LogP contribution in [0.3, 0.4) is 0 Å². The molecule has 0 fully saturated rings. The summed E-state index contributed by atoms with van der Waals surface area (Å²) in [6.07, 6.45) is 0.805. The number of carbonyl (C=O) groups is 1. The Balaban J connectivity index is 3.17. The van der Waals surface area contributed by atoms with E-state index in [0.717, 1.165) is 6.42 Å². The predicted molar refractivity (Wildman–Crippen MR) is 72.6 cm³/mol. The second-order valence-electron chi connectivity index (χ2n) is 4.70. The molecular formula is C13H18N2O4. The molecule has 1 aromatic carbocycles. The minimum absolute atomic E-state index is 0.0460. The van der Waals surface area contributed by atoms with Gasteiger partial charge in [0.15, 0.2) is 0 Å². The van der Waals surface area contributed by atoms with E-state index >= 15 is 0 Å². The van der Waals surface area contributed by atoms with Crippen LogP contribution in [0.1, 0.15) is 37.6 Å². The molecule has 0 aliphatic carbocycles. The third-order valence-electron chi connectivity index (χ3n) is 3.03.